The molecule has 1 fully saturated rings. The minimum atomic E-state index is -0.350. The van der Waals surface area contributed by atoms with Crippen molar-refractivity contribution >= 4 is 23.2 Å². The summed E-state index contributed by atoms with van der Waals surface area (Å²) in [5, 5.41) is 7.77. The third-order valence-electron chi connectivity index (χ3n) is 5.16. The van der Waals surface area contributed by atoms with Crippen molar-refractivity contribution < 1.29 is 18.7 Å². The molecule has 0 radical (unpaired) electrons. The molecule has 150 valence electrons. The van der Waals surface area contributed by atoms with Gasteiger partial charge in [-0.2, -0.15) is 0 Å². The van der Waals surface area contributed by atoms with Gasteiger partial charge in [0.15, 0.2) is 0 Å². The average molecular weight is 405 g/mol. The van der Waals surface area contributed by atoms with E-state index in [4.69, 9.17) is 4.74 Å². The van der Waals surface area contributed by atoms with Crippen LogP contribution in [0.3, 0.4) is 0 Å². The van der Waals surface area contributed by atoms with Gasteiger partial charge in [0.25, 0.3) is 0 Å². The molecule has 0 saturated carbocycles. The number of thiophene rings is 1. The zero-order chi connectivity index (χ0) is 20.0. The number of halogens is 1. The first kappa shape index (κ1) is 20.5. The van der Waals surface area contributed by atoms with Gasteiger partial charge in [0.2, 0.25) is 11.8 Å². The van der Waals surface area contributed by atoms with Crippen LogP contribution in [0.15, 0.2) is 41.8 Å². The molecule has 2 amide bonds. The Morgan fingerprint density at radius 3 is 2.68 bits per heavy atom. The van der Waals surface area contributed by atoms with Crippen LogP contribution in [0.25, 0.3) is 0 Å². The van der Waals surface area contributed by atoms with Crippen LogP contribution in [-0.4, -0.2) is 31.6 Å². The average Bonchev–Trinajstić information content (AvgIpc) is 3.21. The predicted octanol–water partition coefficient (Wildman–Crippen LogP) is 3.32. The van der Waals surface area contributed by atoms with E-state index in [1.807, 2.05) is 23.6 Å². The third-order valence-corrected chi connectivity index (χ3v) is 6.15. The summed E-state index contributed by atoms with van der Waals surface area (Å²) in [7, 11) is 0. The Kier molecular flexibility index (Phi) is 6.80. The summed E-state index contributed by atoms with van der Waals surface area (Å²) in [6.07, 6.45) is 1.60. The molecule has 28 heavy (non-hydrogen) atoms. The lowest BCUT2D eigenvalue weighted by molar-refractivity contribution is -0.123. The Morgan fingerprint density at radius 1 is 1.25 bits per heavy atom. The lowest BCUT2D eigenvalue weighted by Gasteiger charge is -2.38. The van der Waals surface area contributed by atoms with Crippen LogP contribution < -0.4 is 10.6 Å². The molecular formula is C21H25FN2O3S. The topological polar surface area (TPSA) is 67.4 Å². The van der Waals surface area contributed by atoms with Gasteiger partial charge in [0.1, 0.15) is 5.82 Å². The summed E-state index contributed by atoms with van der Waals surface area (Å²) in [4.78, 5) is 25.1. The second-order valence-corrected chi connectivity index (χ2v) is 8.13. The smallest absolute Gasteiger partial charge is 0.222 e. The number of rotatable bonds is 7. The highest BCUT2D eigenvalue weighted by Crippen LogP contribution is 2.34. The van der Waals surface area contributed by atoms with E-state index in [9.17, 15) is 14.0 Å². The quantitative estimate of drug-likeness (QED) is 0.744. The Morgan fingerprint density at radius 2 is 2.04 bits per heavy atom. The molecule has 1 aromatic heterocycles. The molecule has 1 saturated heterocycles. The van der Waals surface area contributed by atoms with Crippen molar-refractivity contribution in [2.24, 2.45) is 0 Å². The molecule has 1 unspecified atom stereocenters. The Balaban J connectivity index is 1.68. The van der Waals surface area contributed by atoms with Gasteiger partial charge in [-0.3, -0.25) is 9.59 Å². The maximum Gasteiger partial charge on any atom is 0.222 e. The summed E-state index contributed by atoms with van der Waals surface area (Å²) in [5.74, 6) is -0.598. The standard InChI is InChI=1S/C21H25FN2O3S/c1-15(25)24-18(19-6-3-11-28-19)13-20(26)23-14-21(7-9-27-10-8-21)16-4-2-5-17(22)12-16/h2-6,11-12,18H,7-10,13-14H2,1H3,(H,23,26)(H,24,25). The van der Waals surface area contributed by atoms with Crippen molar-refractivity contribution in [1.82, 2.24) is 10.6 Å². The van der Waals surface area contributed by atoms with Gasteiger partial charge < -0.3 is 15.4 Å². The van der Waals surface area contributed by atoms with Crippen molar-refractivity contribution in [1.29, 1.82) is 0 Å². The fourth-order valence-electron chi connectivity index (χ4n) is 3.63. The van der Waals surface area contributed by atoms with Crippen molar-refractivity contribution in [3.05, 3.63) is 58.0 Å². The number of hydrogen-bond donors (Lipinski definition) is 2. The number of carbonyl (C=O) groups excluding carboxylic acids is 2. The van der Waals surface area contributed by atoms with Crippen LogP contribution in [-0.2, 0) is 19.7 Å². The molecule has 5 nitrogen and oxygen atoms in total. The van der Waals surface area contributed by atoms with Gasteiger partial charge in [-0.25, -0.2) is 4.39 Å². The van der Waals surface area contributed by atoms with E-state index in [0.717, 1.165) is 23.3 Å². The van der Waals surface area contributed by atoms with E-state index in [1.54, 1.807) is 12.1 Å². The van der Waals surface area contributed by atoms with Crippen LogP contribution in [0.2, 0.25) is 0 Å². The molecule has 1 aromatic carbocycles. The first-order valence-electron chi connectivity index (χ1n) is 9.39. The SMILES string of the molecule is CC(=O)NC(CC(=O)NCC1(c2cccc(F)c2)CCOCC1)c1cccs1. The first-order chi connectivity index (χ1) is 13.5. The Labute approximate surface area is 168 Å². The van der Waals surface area contributed by atoms with Gasteiger partial charge in [-0.1, -0.05) is 18.2 Å². The van der Waals surface area contributed by atoms with Gasteiger partial charge >= 0.3 is 0 Å². The summed E-state index contributed by atoms with van der Waals surface area (Å²) in [5.41, 5.74) is 0.537. The second-order valence-electron chi connectivity index (χ2n) is 7.15. The highest BCUT2D eigenvalue weighted by molar-refractivity contribution is 7.10. The van der Waals surface area contributed by atoms with Crippen LogP contribution in [0, 0.1) is 5.82 Å². The van der Waals surface area contributed by atoms with Crippen molar-refractivity contribution in [3.8, 4) is 0 Å². The van der Waals surface area contributed by atoms with Gasteiger partial charge in [-0.05, 0) is 42.0 Å². The van der Waals surface area contributed by atoms with E-state index in [1.165, 1.54) is 24.3 Å². The van der Waals surface area contributed by atoms with Gasteiger partial charge in [-0.15, -0.1) is 11.3 Å². The second kappa shape index (κ2) is 9.30. The molecule has 1 aliphatic rings. The van der Waals surface area contributed by atoms with Crippen molar-refractivity contribution in [3.63, 3.8) is 0 Å². The lowest BCUT2D eigenvalue weighted by Crippen LogP contribution is -2.45. The first-order valence-corrected chi connectivity index (χ1v) is 10.3. The van der Waals surface area contributed by atoms with E-state index in [-0.39, 0.29) is 35.5 Å². The van der Waals surface area contributed by atoms with Gasteiger partial charge in [0, 0.05) is 37.0 Å². The summed E-state index contributed by atoms with van der Waals surface area (Å²) < 4.78 is 19.3. The normalized spacial score (nSPS) is 16.9. The molecule has 0 aliphatic carbocycles. The minimum absolute atomic E-state index is 0.144. The Hall–Kier alpha value is -2.25. The monoisotopic (exact) mass is 404 g/mol. The van der Waals surface area contributed by atoms with E-state index in [0.29, 0.717) is 19.8 Å². The van der Waals surface area contributed by atoms with E-state index in [2.05, 4.69) is 10.6 Å². The van der Waals surface area contributed by atoms with Gasteiger partial charge in [0.05, 0.1) is 12.5 Å². The zero-order valence-electron chi connectivity index (χ0n) is 15.9. The molecule has 1 atom stereocenters. The fourth-order valence-corrected chi connectivity index (χ4v) is 4.41. The van der Waals surface area contributed by atoms with Crippen LogP contribution >= 0.6 is 11.3 Å². The van der Waals surface area contributed by atoms with Crippen LogP contribution in [0.4, 0.5) is 4.39 Å². The number of carbonyl (C=O) groups is 2. The summed E-state index contributed by atoms with van der Waals surface area (Å²) in [6, 6.07) is 10.0. The molecular weight excluding hydrogens is 379 g/mol. The summed E-state index contributed by atoms with van der Waals surface area (Å²) in [6.45, 7) is 3.02. The number of hydrogen-bond acceptors (Lipinski definition) is 4. The zero-order valence-corrected chi connectivity index (χ0v) is 16.7. The molecule has 1 aliphatic heterocycles. The molecule has 0 bridgehead atoms. The van der Waals surface area contributed by atoms with E-state index >= 15 is 0 Å². The predicted molar refractivity (Wildman–Crippen MR) is 107 cm³/mol. The fraction of sp³-hybridized carbons (Fsp3) is 0.429. The van der Waals surface area contributed by atoms with Crippen LogP contribution in [0.5, 0.6) is 0 Å². The minimum Gasteiger partial charge on any atom is -0.381 e. The number of amides is 2. The Bertz CT molecular complexity index is 804. The lowest BCUT2D eigenvalue weighted by atomic mass is 9.74. The van der Waals surface area contributed by atoms with Crippen molar-refractivity contribution in [2.75, 3.05) is 19.8 Å². The highest BCUT2D eigenvalue weighted by atomic mass is 32.1. The van der Waals surface area contributed by atoms with Crippen LogP contribution in [0.1, 0.15) is 42.7 Å². The molecule has 0 spiro atoms. The highest BCUT2D eigenvalue weighted by Gasteiger charge is 2.35. The maximum absolute atomic E-state index is 13.8. The number of ether oxygens (including phenoxy) is 1. The molecule has 2 aromatic rings. The molecule has 7 heteroatoms. The molecule has 3 rings (SSSR count). The molecule has 2 heterocycles. The third kappa shape index (κ3) is 5.17. The van der Waals surface area contributed by atoms with E-state index < -0.39 is 0 Å². The molecule has 2 N–H and O–H groups in total. The number of nitrogens with one attached hydrogen (secondary N) is 2. The maximum atomic E-state index is 13.8. The largest absolute Gasteiger partial charge is 0.381 e. The van der Waals surface area contributed by atoms with Crippen molar-refractivity contribution in [2.45, 2.75) is 37.6 Å². The summed E-state index contributed by atoms with van der Waals surface area (Å²) >= 11 is 1.51. The number of benzene rings is 1.